The van der Waals surface area contributed by atoms with E-state index in [1.165, 1.54) is 19.3 Å². The van der Waals surface area contributed by atoms with Gasteiger partial charge in [-0.1, -0.05) is 33.1 Å². The highest BCUT2D eigenvalue weighted by atomic mass is 16.2. The summed E-state index contributed by atoms with van der Waals surface area (Å²) in [5.74, 6) is 0.543. The first-order valence-corrected chi connectivity index (χ1v) is 8.59. The maximum atomic E-state index is 11.9. The molecule has 1 aliphatic carbocycles. The Labute approximate surface area is 133 Å². The van der Waals surface area contributed by atoms with Gasteiger partial charge in [0.15, 0.2) is 0 Å². The average molecular weight is 301 g/mol. The summed E-state index contributed by atoms with van der Waals surface area (Å²) in [5.41, 5.74) is 2.91. The number of hydrogen-bond donors (Lipinski definition) is 1. The lowest BCUT2D eigenvalue weighted by Crippen LogP contribution is -2.29. The van der Waals surface area contributed by atoms with Crippen molar-refractivity contribution < 1.29 is 4.79 Å². The molecule has 0 aromatic rings. The van der Waals surface area contributed by atoms with Crippen molar-refractivity contribution in [3.63, 3.8) is 0 Å². The lowest BCUT2D eigenvalue weighted by atomic mass is 9.98. The van der Waals surface area contributed by atoms with Gasteiger partial charge >= 0.3 is 0 Å². The summed E-state index contributed by atoms with van der Waals surface area (Å²) >= 11 is 0. The van der Waals surface area contributed by atoms with Crippen LogP contribution in [-0.2, 0) is 4.79 Å². The van der Waals surface area contributed by atoms with Gasteiger partial charge < -0.3 is 10.2 Å². The summed E-state index contributed by atoms with van der Waals surface area (Å²) in [6.45, 7) is 5.73. The first-order valence-electron chi connectivity index (χ1n) is 8.59. The lowest BCUT2D eigenvalue weighted by molar-refractivity contribution is -0.124. The zero-order chi connectivity index (χ0) is 15.9. The van der Waals surface area contributed by atoms with E-state index in [1.807, 2.05) is 4.90 Å². The number of carbonyl (C=O) groups excluding carboxylic acids is 1. The average Bonchev–Trinajstić information content (AvgIpc) is 3.04. The molecular weight excluding hydrogens is 274 g/mol. The lowest BCUT2D eigenvalue weighted by Gasteiger charge is -2.19. The van der Waals surface area contributed by atoms with Crippen molar-refractivity contribution in [2.45, 2.75) is 58.8 Å². The fourth-order valence-corrected chi connectivity index (χ4v) is 3.34. The molecule has 22 heavy (non-hydrogen) atoms. The smallest absolute Gasteiger partial charge is 0.248 e. The minimum atomic E-state index is 0.0870. The van der Waals surface area contributed by atoms with Crippen molar-refractivity contribution in [2.75, 3.05) is 13.1 Å². The highest BCUT2D eigenvalue weighted by Crippen LogP contribution is 2.34. The number of nitrogens with one attached hydrogen (secondary N) is 1. The third-order valence-corrected chi connectivity index (χ3v) is 4.53. The van der Waals surface area contributed by atoms with E-state index < -0.39 is 0 Å². The summed E-state index contributed by atoms with van der Waals surface area (Å²) in [6.07, 6.45) is 9.42. The minimum Gasteiger partial charge on any atom is -0.360 e. The third kappa shape index (κ3) is 3.91. The van der Waals surface area contributed by atoms with E-state index in [9.17, 15) is 10.1 Å². The summed E-state index contributed by atoms with van der Waals surface area (Å²) in [5, 5.41) is 12.8. The molecule has 1 N–H and O–H groups in total. The predicted octanol–water partition coefficient (Wildman–Crippen LogP) is 3.48. The molecule has 1 amide bonds. The highest BCUT2D eigenvalue weighted by molar-refractivity contribution is 5.91. The molecule has 0 saturated carbocycles. The number of hydrogen-bond acceptors (Lipinski definition) is 3. The number of allylic oxidation sites excluding steroid dienone is 2. The van der Waals surface area contributed by atoms with Crippen LogP contribution >= 0.6 is 0 Å². The maximum absolute atomic E-state index is 11.9. The Morgan fingerprint density at radius 2 is 2.18 bits per heavy atom. The number of amides is 1. The Bertz CT molecular complexity index is 513. The van der Waals surface area contributed by atoms with Gasteiger partial charge in [0.2, 0.25) is 5.91 Å². The Kier molecular flexibility index (Phi) is 6.06. The molecule has 0 radical (unpaired) electrons. The molecule has 0 spiro atoms. The predicted molar refractivity (Wildman–Crippen MR) is 87.6 cm³/mol. The quantitative estimate of drug-likeness (QED) is 0.698. The van der Waals surface area contributed by atoms with E-state index >= 15 is 0 Å². The first kappa shape index (κ1) is 16.6. The monoisotopic (exact) mass is 301 g/mol. The highest BCUT2D eigenvalue weighted by Gasteiger charge is 2.28. The normalized spacial score (nSPS) is 21.3. The van der Waals surface area contributed by atoms with Crippen molar-refractivity contribution >= 4 is 5.91 Å². The second-order valence-corrected chi connectivity index (χ2v) is 6.29. The molecule has 1 aliphatic heterocycles. The molecule has 0 aromatic carbocycles. The SMILES string of the molecule is CCCCCC1CCC(C#N)=C1NC1=CC(=O)N(CCC)C1. The Morgan fingerprint density at radius 3 is 2.86 bits per heavy atom. The summed E-state index contributed by atoms with van der Waals surface area (Å²) in [7, 11) is 0. The number of rotatable bonds is 8. The molecule has 1 unspecified atom stereocenters. The molecule has 1 atom stereocenters. The molecule has 4 nitrogen and oxygen atoms in total. The standard InChI is InChI=1S/C18H27N3O/c1-3-5-6-7-14-8-9-15(12-19)18(14)20-16-11-17(22)21(13-16)10-4-2/h11,14,20H,3-10,13H2,1-2H3. The minimum absolute atomic E-state index is 0.0870. The zero-order valence-corrected chi connectivity index (χ0v) is 13.8. The van der Waals surface area contributed by atoms with Crippen LogP contribution in [0.2, 0.25) is 0 Å². The second-order valence-electron chi connectivity index (χ2n) is 6.29. The molecule has 0 fully saturated rings. The van der Waals surface area contributed by atoms with Crippen LogP contribution in [0, 0.1) is 17.2 Å². The summed E-state index contributed by atoms with van der Waals surface area (Å²) in [4.78, 5) is 13.8. The second kappa shape index (κ2) is 8.03. The van der Waals surface area contributed by atoms with Crippen molar-refractivity contribution in [3.8, 4) is 6.07 Å². The van der Waals surface area contributed by atoms with Crippen LogP contribution in [0.5, 0.6) is 0 Å². The molecule has 2 aliphatic rings. The van der Waals surface area contributed by atoms with Crippen LogP contribution in [0.3, 0.4) is 0 Å². The fraction of sp³-hybridized carbons (Fsp3) is 0.667. The van der Waals surface area contributed by atoms with Crippen LogP contribution < -0.4 is 5.32 Å². The van der Waals surface area contributed by atoms with Crippen molar-refractivity contribution in [1.29, 1.82) is 5.26 Å². The van der Waals surface area contributed by atoms with Crippen molar-refractivity contribution in [2.24, 2.45) is 5.92 Å². The Hall–Kier alpha value is -1.76. The summed E-state index contributed by atoms with van der Waals surface area (Å²) < 4.78 is 0. The topological polar surface area (TPSA) is 56.1 Å². The Balaban J connectivity index is 2.01. The third-order valence-electron chi connectivity index (χ3n) is 4.53. The van der Waals surface area contributed by atoms with E-state index in [1.54, 1.807) is 6.08 Å². The largest absolute Gasteiger partial charge is 0.360 e. The molecule has 120 valence electrons. The van der Waals surface area contributed by atoms with Crippen LogP contribution in [0.1, 0.15) is 58.8 Å². The zero-order valence-electron chi connectivity index (χ0n) is 13.8. The number of nitriles is 1. The molecule has 0 saturated heterocycles. The van der Waals surface area contributed by atoms with E-state index in [0.29, 0.717) is 12.5 Å². The van der Waals surface area contributed by atoms with Gasteiger partial charge in [-0.25, -0.2) is 0 Å². The number of carbonyl (C=O) groups is 1. The van der Waals surface area contributed by atoms with E-state index in [0.717, 1.165) is 49.2 Å². The van der Waals surface area contributed by atoms with E-state index in [4.69, 9.17) is 0 Å². The molecule has 0 bridgehead atoms. The van der Waals surface area contributed by atoms with Gasteiger partial charge in [0.05, 0.1) is 12.6 Å². The van der Waals surface area contributed by atoms with Gasteiger partial charge in [0.1, 0.15) is 0 Å². The van der Waals surface area contributed by atoms with Crippen LogP contribution in [0.4, 0.5) is 0 Å². The molecule has 1 heterocycles. The van der Waals surface area contributed by atoms with Gasteiger partial charge in [-0.15, -0.1) is 0 Å². The van der Waals surface area contributed by atoms with Crippen molar-refractivity contribution in [1.82, 2.24) is 10.2 Å². The molecular formula is C18H27N3O. The van der Waals surface area contributed by atoms with Crippen LogP contribution in [0.25, 0.3) is 0 Å². The van der Waals surface area contributed by atoms with Crippen molar-refractivity contribution in [3.05, 3.63) is 23.0 Å². The maximum Gasteiger partial charge on any atom is 0.248 e. The summed E-state index contributed by atoms with van der Waals surface area (Å²) in [6, 6.07) is 2.35. The molecule has 4 heteroatoms. The van der Waals surface area contributed by atoms with E-state index in [2.05, 4.69) is 25.2 Å². The van der Waals surface area contributed by atoms with Crippen LogP contribution in [0.15, 0.2) is 23.0 Å². The Morgan fingerprint density at radius 1 is 1.36 bits per heavy atom. The van der Waals surface area contributed by atoms with E-state index in [-0.39, 0.29) is 5.91 Å². The first-order chi connectivity index (χ1) is 10.7. The number of unbranched alkanes of at least 4 members (excludes halogenated alkanes) is 2. The van der Waals surface area contributed by atoms with Gasteiger partial charge in [-0.3, -0.25) is 4.79 Å². The fourth-order valence-electron chi connectivity index (χ4n) is 3.34. The molecule has 2 rings (SSSR count). The van der Waals surface area contributed by atoms with Gasteiger partial charge in [-0.05, 0) is 25.7 Å². The van der Waals surface area contributed by atoms with Crippen LogP contribution in [-0.4, -0.2) is 23.9 Å². The van der Waals surface area contributed by atoms with Gasteiger partial charge in [0, 0.05) is 35.5 Å². The number of nitrogens with zero attached hydrogens (tertiary/aromatic N) is 2. The molecule has 0 aromatic heterocycles. The van der Waals surface area contributed by atoms with Gasteiger partial charge in [0.25, 0.3) is 0 Å². The van der Waals surface area contributed by atoms with Gasteiger partial charge in [-0.2, -0.15) is 5.26 Å².